The van der Waals surface area contributed by atoms with Crippen molar-refractivity contribution in [3.8, 4) is 0 Å². The quantitative estimate of drug-likeness (QED) is 0.841. The van der Waals surface area contributed by atoms with E-state index in [2.05, 4.69) is 4.98 Å². The van der Waals surface area contributed by atoms with Gasteiger partial charge >= 0.3 is 0 Å². The Morgan fingerprint density at radius 1 is 1.53 bits per heavy atom. The number of halogens is 1. The van der Waals surface area contributed by atoms with Crippen LogP contribution in [0.2, 0.25) is 0 Å². The number of oxazole rings is 1. The molecule has 0 spiro atoms. The van der Waals surface area contributed by atoms with E-state index in [1.807, 2.05) is 6.92 Å². The van der Waals surface area contributed by atoms with Crippen LogP contribution >= 0.6 is 0 Å². The number of benzene rings is 1. The van der Waals surface area contributed by atoms with Crippen LogP contribution in [0.5, 0.6) is 0 Å². The molecular weight excluding hydrogens is 195 g/mol. The molecule has 1 aromatic heterocycles. The molecule has 80 valence electrons. The van der Waals surface area contributed by atoms with Crippen molar-refractivity contribution in [2.45, 2.75) is 25.8 Å². The Bertz CT molecular complexity index is 467. The van der Waals surface area contributed by atoms with Gasteiger partial charge in [0.15, 0.2) is 11.5 Å². The van der Waals surface area contributed by atoms with Gasteiger partial charge in [-0.25, -0.2) is 9.37 Å². The molecule has 0 aliphatic rings. The molecule has 15 heavy (non-hydrogen) atoms. The van der Waals surface area contributed by atoms with E-state index in [9.17, 15) is 4.39 Å². The van der Waals surface area contributed by atoms with Crippen LogP contribution in [-0.2, 0) is 6.42 Å². The van der Waals surface area contributed by atoms with Crippen molar-refractivity contribution < 1.29 is 8.81 Å². The van der Waals surface area contributed by atoms with E-state index in [0.717, 1.165) is 6.42 Å². The average molecular weight is 208 g/mol. The Kier molecular flexibility index (Phi) is 2.68. The lowest BCUT2D eigenvalue weighted by atomic mass is 10.2. The third-order valence-electron chi connectivity index (χ3n) is 2.36. The second-order valence-corrected chi connectivity index (χ2v) is 3.59. The molecule has 0 bridgehead atoms. The lowest BCUT2D eigenvalue weighted by Crippen LogP contribution is -2.21. The molecule has 1 heterocycles. The van der Waals surface area contributed by atoms with Crippen LogP contribution in [0.3, 0.4) is 0 Å². The van der Waals surface area contributed by atoms with Gasteiger partial charge < -0.3 is 10.2 Å². The highest BCUT2D eigenvalue weighted by molar-refractivity contribution is 5.72. The predicted octanol–water partition coefficient (Wildman–Crippen LogP) is 2.25. The minimum absolute atomic E-state index is 0.0444. The van der Waals surface area contributed by atoms with Gasteiger partial charge in [-0.2, -0.15) is 0 Å². The van der Waals surface area contributed by atoms with E-state index in [1.165, 1.54) is 12.1 Å². The zero-order valence-electron chi connectivity index (χ0n) is 8.53. The minimum atomic E-state index is -0.304. The van der Waals surface area contributed by atoms with Gasteiger partial charge in [-0.15, -0.1) is 0 Å². The number of hydrogen-bond acceptors (Lipinski definition) is 3. The molecule has 0 fully saturated rings. The lowest BCUT2D eigenvalue weighted by molar-refractivity contribution is 0.491. The van der Waals surface area contributed by atoms with Crippen LogP contribution in [-0.4, -0.2) is 11.0 Å². The smallest absolute Gasteiger partial charge is 0.197 e. The van der Waals surface area contributed by atoms with Gasteiger partial charge in [-0.1, -0.05) is 6.92 Å². The lowest BCUT2D eigenvalue weighted by Gasteiger charge is -2.03. The molecule has 1 atom stereocenters. The van der Waals surface area contributed by atoms with E-state index < -0.39 is 0 Å². The first-order valence-corrected chi connectivity index (χ1v) is 4.99. The van der Waals surface area contributed by atoms with Gasteiger partial charge in [0.1, 0.15) is 11.3 Å². The Balaban J connectivity index is 2.30. The molecule has 0 radical (unpaired) electrons. The van der Waals surface area contributed by atoms with Gasteiger partial charge in [-0.05, 0) is 18.6 Å². The molecule has 0 amide bonds. The summed E-state index contributed by atoms with van der Waals surface area (Å²) >= 11 is 0. The second kappa shape index (κ2) is 3.98. The average Bonchev–Trinajstić information content (AvgIpc) is 2.59. The second-order valence-electron chi connectivity index (χ2n) is 3.59. The molecular formula is C11H13FN2O. The molecule has 4 heteroatoms. The fourth-order valence-electron chi connectivity index (χ4n) is 1.40. The number of rotatable bonds is 3. The first-order valence-electron chi connectivity index (χ1n) is 4.99. The third-order valence-corrected chi connectivity index (χ3v) is 2.36. The Hall–Kier alpha value is -1.42. The zero-order valence-corrected chi connectivity index (χ0v) is 8.53. The summed E-state index contributed by atoms with van der Waals surface area (Å²) in [5.74, 6) is 0.270. The first-order chi connectivity index (χ1) is 7.19. The number of hydrogen-bond donors (Lipinski definition) is 1. The molecule has 0 saturated heterocycles. The SMILES string of the molecule is CCC(N)Cc1nc2cc(F)ccc2o1. The highest BCUT2D eigenvalue weighted by atomic mass is 19.1. The standard InChI is InChI=1S/C11H13FN2O/c1-2-8(13)6-11-14-9-5-7(12)3-4-10(9)15-11/h3-5,8H,2,6,13H2,1H3. The zero-order chi connectivity index (χ0) is 10.8. The van der Waals surface area contributed by atoms with Crippen LogP contribution < -0.4 is 5.73 Å². The van der Waals surface area contributed by atoms with Gasteiger partial charge in [0.25, 0.3) is 0 Å². The number of fused-ring (bicyclic) bond motifs is 1. The Morgan fingerprint density at radius 3 is 3.07 bits per heavy atom. The normalized spacial score (nSPS) is 13.3. The van der Waals surface area contributed by atoms with Gasteiger partial charge in [-0.3, -0.25) is 0 Å². The van der Waals surface area contributed by atoms with Crippen molar-refractivity contribution >= 4 is 11.1 Å². The largest absolute Gasteiger partial charge is 0.441 e. The fourth-order valence-corrected chi connectivity index (χ4v) is 1.40. The topological polar surface area (TPSA) is 52.0 Å². The Labute approximate surface area is 87.1 Å². The molecule has 1 unspecified atom stereocenters. The van der Waals surface area contributed by atoms with Crippen molar-refractivity contribution in [3.63, 3.8) is 0 Å². The summed E-state index contributed by atoms with van der Waals surface area (Å²) in [5.41, 5.74) is 6.94. The van der Waals surface area contributed by atoms with Gasteiger partial charge in [0.05, 0.1) is 0 Å². The van der Waals surface area contributed by atoms with Crippen LogP contribution in [0.15, 0.2) is 22.6 Å². The third kappa shape index (κ3) is 2.15. The molecule has 2 rings (SSSR count). The van der Waals surface area contributed by atoms with E-state index in [-0.39, 0.29) is 11.9 Å². The van der Waals surface area contributed by atoms with Crippen LogP contribution in [0.25, 0.3) is 11.1 Å². The molecule has 2 aromatic rings. The summed E-state index contributed by atoms with van der Waals surface area (Å²) in [6.07, 6.45) is 1.46. The summed E-state index contributed by atoms with van der Waals surface area (Å²) in [4.78, 5) is 4.17. The highest BCUT2D eigenvalue weighted by Gasteiger charge is 2.09. The summed E-state index contributed by atoms with van der Waals surface area (Å²) in [6.45, 7) is 2.01. The van der Waals surface area contributed by atoms with Gasteiger partial charge in [0.2, 0.25) is 0 Å². The molecule has 1 aromatic carbocycles. The summed E-state index contributed by atoms with van der Waals surface area (Å²) in [7, 11) is 0. The molecule has 0 aliphatic heterocycles. The van der Waals surface area contributed by atoms with Crippen molar-refractivity contribution in [2.75, 3.05) is 0 Å². The molecule has 0 saturated carbocycles. The molecule has 2 N–H and O–H groups in total. The van der Waals surface area contributed by atoms with E-state index >= 15 is 0 Å². The predicted molar refractivity (Wildman–Crippen MR) is 55.9 cm³/mol. The first kappa shape index (κ1) is 10.1. The summed E-state index contributed by atoms with van der Waals surface area (Å²) < 4.78 is 18.3. The van der Waals surface area contributed by atoms with E-state index in [0.29, 0.717) is 23.4 Å². The van der Waals surface area contributed by atoms with Crippen molar-refractivity contribution in [1.82, 2.24) is 4.98 Å². The van der Waals surface area contributed by atoms with Crippen LogP contribution in [0, 0.1) is 5.82 Å². The molecule has 3 nitrogen and oxygen atoms in total. The maximum absolute atomic E-state index is 12.9. The summed E-state index contributed by atoms with van der Waals surface area (Å²) in [5, 5.41) is 0. The number of aromatic nitrogens is 1. The van der Waals surface area contributed by atoms with Crippen molar-refractivity contribution in [2.24, 2.45) is 5.73 Å². The van der Waals surface area contributed by atoms with E-state index in [4.69, 9.17) is 10.2 Å². The van der Waals surface area contributed by atoms with Crippen molar-refractivity contribution in [3.05, 3.63) is 29.9 Å². The van der Waals surface area contributed by atoms with Crippen LogP contribution in [0.4, 0.5) is 4.39 Å². The summed E-state index contributed by atoms with van der Waals surface area (Å²) in [6, 6.07) is 4.35. The Morgan fingerprint density at radius 2 is 2.33 bits per heavy atom. The molecule has 0 aliphatic carbocycles. The van der Waals surface area contributed by atoms with E-state index in [1.54, 1.807) is 6.07 Å². The maximum Gasteiger partial charge on any atom is 0.197 e. The number of nitrogens with zero attached hydrogens (tertiary/aromatic N) is 1. The monoisotopic (exact) mass is 208 g/mol. The fraction of sp³-hybridized carbons (Fsp3) is 0.364. The minimum Gasteiger partial charge on any atom is -0.441 e. The van der Waals surface area contributed by atoms with Crippen molar-refractivity contribution in [1.29, 1.82) is 0 Å². The maximum atomic E-state index is 12.9. The van der Waals surface area contributed by atoms with Gasteiger partial charge in [0, 0.05) is 18.5 Å². The highest BCUT2D eigenvalue weighted by Crippen LogP contribution is 2.17. The van der Waals surface area contributed by atoms with Crippen LogP contribution in [0.1, 0.15) is 19.2 Å². The number of nitrogens with two attached hydrogens (primary N) is 1.